The van der Waals surface area contributed by atoms with E-state index in [1.807, 2.05) is 36.4 Å². The maximum atomic E-state index is 4.48. The normalized spacial score (nSPS) is 10.3. The quantitative estimate of drug-likeness (QED) is 0.665. The first-order valence-corrected chi connectivity index (χ1v) is 8.22. The maximum absolute atomic E-state index is 4.48. The fourth-order valence-electron chi connectivity index (χ4n) is 2.19. The number of nitrogens with zero attached hydrogens (tertiary/aromatic N) is 2. The third-order valence-electron chi connectivity index (χ3n) is 3.30. The van der Waals surface area contributed by atoms with Crippen molar-refractivity contribution in [2.45, 2.75) is 6.42 Å². The van der Waals surface area contributed by atoms with E-state index in [-0.39, 0.29) is 0 Å². The topological polar surface area (TPSA) is 49.8 Å². The molecule has 0 aliphatic rings. The van der Waals surface area contributed by atoms with Gasteiger partial charge in [0.2, 0.25) is 5.95 Å². The van der Waals surface area contributed by atoms with Crippen LogP contribution in [-0.2, 0) is 6.42 Å². The molecule has 23 heavy (non-hydrogen) atoms. The second-order valence-corrected chi connectivity index (χ2v) is 5.98. The lowest BCUT2D eigenvalue weighted by atomic mass is 10.1. The molecule has 0 radical (unpaired) electrons. The van der Waals surface area contributed by atoms with Gasteiger partial charge in [-0.25, -0.2) is 4.98 Å². The van der Waals surface area contributed by atoms with Crippen LogP contribution in [0.15, 0.2) is 71.3 Å². The molecule has 0 saturated heterocycles. The Morgan fingerprint density at radius 3 is 2.65 bits per heavy atom. The van der Waals surface area contributed by atoms with Crippen molar-refractivity contribution < 1.29 is 0 Å². The summed E-state index contributed by atoms with van der Waals surface area (Å²) in [7, 11) is 0. The highest BCUT2D eigenvalue weighted by molar-refractivity contribution is 9.10. The van der Waals surface area contributed by atoms with Gasteiger partial charge in [-0.15, -0.1) is 0 Å². The van der Waals surface area contributed by atoms with Crippen LogP contribution in [0.5, 0.6) is 0 Å². The zero-order valence-corrected chi connectivity index (χ0v) is 14.1. The van der Waals surface area contributed by atoms with E-state index in [9.17, 15) is 0 Å². The van der Waals surface area contributed by atoms with Crippen LogP contribution in [0.25, 0.3) is 0 Å². The minimum Gasteiger partial charge on any atom is -0.370 e. The van der Waals surface area contributed by atoms with Crippen molar-refractivity contribution in [1.29, 1.82) is 0 Å². The Morgan fingerprint density at radius 2 is 1.83 bits per heavy atom. The molecule has 4 nitrogen and oxygen atoms in total. The number of rotatable bonds is 6. The zero-order chi connectivity index (χ0) is 15.9. The lowest BCUT2D eigenvalue weighted by molar-refractivity contribution is 1.00. The largest absolute Gasteiger partial charge is 0.370 e. The predicted molar refractivity (Wildman–Crippen MR) is 98.1 cm³/mol. The van der Waals surface area contributed by atoms with Gasteiger partial charge in [0, 0.05) is 22.9 Å². The Balaban J connectivity index is 1.59. The van der Waals surface area contributed by atoms with Gasteiger partial charge in [-0.1, -0.05) is 52.3 Å². The van der Waals surface area contributed by atoms with E-state index in [0.717, 1.165) is 28.9 Å². The van der Waals surface area contributed by atoms with Gasteiger partial charge in [-0.05, 0) is 36.2 Å². The van der Waals surface area contributed by atoms with Crippen molar-refractivity contribution in [1.82, 2.24) is 9.97 Å². The third-order valence-corrected chi connectivity index (χ3v) is 3.79. The molecule has 2 aromatic carbocycles. The Morgan fingerprint density at radius 1 is 0.957 bits per heavy atom. The lowest BCUT2D eigenvalue weighted by Crippen LogP contribution is -2.07. The van der Waals surface area contributed by atoms with Crippen LogP contribution in [0, 0.1) is 0 Å². The minimum atomic E-state index is 0.577. The Hall–Kier alpha value is -2.40. The Bertz CT molecular complexity index is 762. The van der Waals surface area contributed by atoms with Gasteiger partial charge in [0.25, 0.3) is 0 Å². The Labute approximate surface area is 144 Å². The summed E-state index contributed by atoms with van der Waals surface area (Å²) in [6.07, 6.45) is 2.71. The predicted octanol–water partition coefficient (Wildman–Crippen LogP) is 4.64. The molecule has 0 amide bonds. The smallest absolute Gasteiger partial charge is 0.229 e. The molecule has 116 valence electrons. The van der Waals surface area contributed by atoms with Gasteiger partial charge in [0.05, 0.1) is 0 Å². The SMILES string of the molecule is Brc1cccc(Nc2nccc(NCCc3ccccc3)n2)c1. The molecule has 0 atom stereocenters. The molecule has 1 heterocycles. The summed E-state index contributed by atoms with van der Waals surface area (Å²) in [6, 6.07) is 20.2. The van der Waals surface area contributed by atoms with E-state index < -0.39 is 0 Å². The summed E-state index contributed by atoms with van der Waals surface area (Å²) in [5.74, 6) is 1.39. The van der Waals surface area contributed by atoms with Gasteiger partial charge >= 0.3 is 0 Å². The van der Waals surface area contributed by atoms with E-state index in [1.165, 1.54) is 5.56 Å². The van der Waals surface area contributed by atoms with E-state index >= 15 is 0 Å². The molecule has 3 rings (SSSR count). The summed E-state index contributed by atoms with van der Waals surface area (Å²) in [5.41, 5.74) is 2.25. The standard InChI is InChI=1S/C18H17BrN4/c19-15-7-4-8-16(13-15)22-18-21-12-10-17(23-18)20-11-9-14-5-2-1-3-6-14/h1-8,10,12-13H,9,11H2,(H2,20,21,22,23). The molecule has 0 fully saturated rings. The van der Waals surface area contributed by atoms with Crippen LogP contribution in [0.3, 0.4) is 0 Å². The average Bonchev–Trinajstić information content (AvgIpc) is 2.56. The molecule has 0 spiro atoms. The fraction of sp³-hybridized carbons (Fsp3) is 0.111. The lowest BCUT2D eigenvalue weighted by Gasteiger charge is -2.08. The van der Waals surface area contributed by atoms with E-state index in [0.29, 0.717) is 5.95 Å². The first-order valence-electron chi connectivity index (χ1n) is 7.43. The monoisotopic (exact) mass is 368 g/mol. The molecule has 2 N–H and O–H groups in total. The highest BCUT2D eigenvalue weighted by Crippen LogP contribution is 2.18. The Kier molecular flexibility index (Phi) is 5.21. The molecule has 3 aromatic rings. The second kappa shape index (κ2) is 7.74. The van der Waals surface area contributed by atoms with Crippen molar-refractivity contribution >= 4 is 33.4 Å². The number of benzene rings is 2. The van der Waals surface area contributed by atoms with Crippen LogP contribution in [0.2, 0.25) is 0 Å². The number of aromatic nitrogens is 2. The third kappa shape index (κ3) is 4.79. The van der Waals surface area contributed by atoms with Crippen LogP contribution < -0.4 is 10.6 Å². The first kappa shape index (κ1) is 15.5. The molecule has 1 aromatic heterocycles. The zero-order valence-electron chi connectivity index (χ0n) is 12.5. The van der Waals surface area contributed by atoms with Gasteiger partial charge in [0.1, 0.15) is 5.82 Å². The van der Waals surface area contributed by atoms with Crippen LogP contribution >= 0.6 is 15.9 Å². The summed E-state index contributed by atoms with van der Waals surface area (Å²) < 4.78 is 1.01. The number of hydrogen-bond donors (Lipinski definition) is 2. The number of halogens is 1. The maximum Gasteiger partial charge on any atom is 0.229 e. The molecular formula is C18H17BrN4. The average molecular weight is 369 g/mol. The minimum absolute atomic E-state index is 0.577. The summed E-state index contributed by atoms with van der Waals surface area (Å²) >= 11 is 3.45. The van der Waals surface area contributed by atoms with Gasteiger partial charge in [0.15, 0.2) is 0 Å². The molecule has 0 saturated carbocycles. The van der Waals surface area contributed by atoms with Crippen LogP contribution in [0.1, 0.15) is 5.56 Å². The molecular weight excluding hydrogens is 352 g/mol. The summed E-state index contributed by atoms with van der Waals surface area (Å²) in [4.78, 5) is 8.73. The van der Waals surface area contributed by atoms with E-state index in [4.69, 9.17) is 0 Å². The molecule has 0 aliphatic heterocycles. The van der Waals surface area contributed by atoms with Crippen molar-refractivity contribution in [3.8, 4) is 0 Å². The number of hydrogen-bond acceptors (Lipinski definition) is 4. The second-order valence-electron chi connectivity index (χ2n) is 5.06. The molecule has 0 bridgehead atoms. The van der Waals surface area contributed by atoms with Crippen LogP contribution in [0.4, 0.5) is 17.5 Å². The van der Waals surface area contributed by atoms with Crippen molar-refractivity contribution in [2.75, 3.05) is 17.2 Å². The van der Waals surface area contributed by atoms with Crippen LogP contribution in [-0.4, -0.2) is 16.5 Å². The summed E-state index contributed by atoms with van der Waals surface area (Å²) in [5, 5.41) is 6.53. The summed E-state index contributed by atoms with van der Waals surface area (Å²) in [6.45, 7) is 0.831. The number of nitrogens with one attached hydrogen (secondary N) is 2. The first-order chi connectivity index (χ1) is 11.3. The molecule has 5 heteroatoms. The van der Waals surface area contributed by atoms with Gasteiger partial charge in [-0.3, -0.25) is 0 Å². The molecule has 0 unspecified atom stereocenters. The van der Waals surface area contributed by atoms with E-state index in [2.05, 4.69) is 60.8 Å². The van der Waals surface area contributed by atoms with Crippen molar-refractivity contribution in [3.05, 3.63) is 76.9 Å². The number of anilines is 3. The fourth-order valence-corrected chi connectivity index (χ4v) is 2.59. The molecule has 0 aliphatic carbocycles. The van der Waals surface area contributed by atoms with E-state index in [1.54, 1.807) is 6.20 Å². The van der Waals surface area contributed by atoms with Gasteiger partial charge in [-0.2, -0.15) is 4.98 Å². The van der Waals surface area contributed by atoms with Gasteiger partial charge < -0.3 is 10.6 Å². The highest BCUT2D eigenvalue weighted by atomic mass is 79.9. The van der Waals surface area contributed by atoms with Crippen molar-refractivity contribution in [3.63, 3.8) is 0 Å². The van der Waals surface area contributed by atoms with Crippen molar-refractivity contribution in [2.24, 2.45) is 0 Å². The highest BCUT2D eigenvalue weighted by Gasteiger charge is 2.01.